The first kappa shape index (κ1) is 35.8. The van der Waals surface area contributed by atoms with Gasteiger partial charge in [-0.15, -0.1) is 0 Å². The van der Waals surface area contributed by atoms with Crippen molar-refractivity contribution in [1.29, 1.82) is 0 Å². The molecule has 0 unspecified atom stereocenters. The highest BCUT2D eigenvalue weighted by atomic mass is 19.2. The van der Waals surface area contributed by atoms with Crippen molar-refractivity contribution in [3.05, 3.63) is 52.1 Å². The molecule has 2 aromatic carbocycles. The van der Waals surface area contributed by atoms with Gasteiger partial charge in [0.2, 0.25) is 17.4 Å². The van der Waals surface area contributed by atoms with Gasteiger partial charge in [-0.1, -0.05) is 84.5 Å². The summed E-state index contributed by atoms with van der Waals surface area (Å²) in [4.78, 5) is 12.7. The monoisotopic (exact) mass is 634 g/mol. The second-order valence-electron chi connectivity index (χ2n) is 11.9. The number of benzene rings is 2. The fourth-order valence-corrected chi connectivity index (χ4v) is 6.03. The van der Waals surface area contributed by atoms with Gasteiger partial charge in [-0.05, 0) is 44.4 Å². The Hall–Kier alpha value is -2.65. The molecule has 1 fully saturated rings. The Labute approximate surface area is 254 Å². The maximum atomic E-state index is 15.1. The smallest absolute Gasteiger partial charge is 0.314 e. The minimum absolute atomic E-state index is 0.197. The van der Waals surface area contributed by atoms with Crippen molar-refractivity contribution in [3.63, 3.8) is 0 Å². The van der Waals surface area contributed by atoms with Crippen LogP contribution >= 0.6 is 0 Å². The molecular weight excluding hydrogens is 592 g/mol. The molecule has 0 bridgehead atoms. The van der Waals surface area contributed by atoms with Crippen molar-refractivity contribution in [2.24, 2.45) is 11.8 Å². The van der Waals surface area contributed by atoms with Gasteiger partial charge in [0.1, 0.15) is 0 Å². The molecule has 10 heteroatoms. The second kappa shape index (κ2) is 17.2. The van der Waals surface area contributed by atoms with Crippen LogP contribution in [0.25, 0.3) is 11.1 Å². The van der Waals surface area contributed by atoms with Gasteiger partial charge in [0, 0.05) is 5.56 Å². The Morgan fingerprint density at radius 3 is 1.50 bits per heavy atom. The van der Waals surface area contributed by atoms with E-state index in [2.05, 4.69) is 6.92 Å². The maximum Gasteiger partial charge on any atom is 0.314 e. The third-order valence-corrected chi connectivity index (χ3v) is 8.71. The van der Waals surface area contributed by atoms with E-state index in [0.29, 0.717) is 38.0 Å². The van der Waals surface area contributed by atoms with Crippen molar-refractivity contribution in [3.8, 4) is 16.9 Å². The minimum Gasteiger partial charge on any atom is -0.420 e. The molecule has 3 rings (SSSR count). The third-order valence-electron chi connectivity index (χ3n) is 8.71. The number of hydrogen-bond donors (Lipinski definition) is 0. The van der Waals surface area contributed by atoms with E-state index in [1.807, 2.05) is 6.92 Å². The fourth-order valence-electron chi connectivity index (χ4n) is 6.03. The molecule has 0 amide bonds. The minimum atomic E-state index is -2.35. The quantitative estimate of drug-likeness (QED) is 0.0604. The molecule has 0 atom stereocenters. The van der Waals surface area contributed by atoms with Crippen LogP contribution in [0.5, 0.6) is 5.75 Å². The van der Waals surface area contributed by atoms with Crippen LogP contribution in [0.3, 0.4) is 0 Å². The Kier molecular flexibility index (Phi) is 14.0. The molecule has 1 aliphatic rings. The number of carbonyl (C=O) groups excluding carboxylic acids is 1. The van der Waals surface area contributed by atoms with Crippen LogP contribution in [-0.2, 0) is 11.2 Å². The first-order valence-electron chi connectivity index (χ1n) is 16.0. The molecule has 246 valence electrons. The SMILES string of the molecule is CCCCCCCCc1c(F)c(F)c(-c2c(F)c(F)c(OC(=O)C3CCC(CCCCCCC)CC3)c(F)c2F)c(F)c1F. The van der Waals surface area contributed by atoms with Gasteiger partial charge < -0.3 is 4.74 Å². The van der Waals surface area contributed by atoms with Gasteiger partial charge in [0.15, 0.2) is 34.9 Å². The number of rotatable bonds is 16. The van der Waals surface area contributed by atoms with Gasteiger partial charge in [0.05, 0.1) is 17.0 Å². The van der Waals surface area contributed by atoms with Gasteiger partial charge in [0.25, 0.3) is 0 Å². The van der Waals surface area contributed by atoms with Crippen LogP contribution in [0.2, 0.25) is 0 Å². The Balaban J connectivity index is 1.76. The van der Waals surface area contributed by atoms with Crippen molar-refractivity contribution in [1.82, 2.24) is 0 Å². The largest absolute Gasteiger partial charge is 0.420 e. The Morgan fingerprint density at radius 1 is 0.568 bits per heavy atom. The third kappa shape index (κ3) is 8.53. The molecule has 0 saturated heterocycles. The molecule has 0 N–H and O–H groups in total. The Bertz CT molecular complexity index is 1210. The van der Waals surface area contributed by atoms with Crippen molar-refractivity contribution < 1.29 is 44.7 Å². The van der Waals surface area contributed by atoms with E-state index in [1.54, 1.807) is 0 Å². The first-order valence-corrected chi connectivity index (χ1v) is 16.0. The standard InChI is InChI=1S/C34H42F8O2/c1-3-5-7-9-11-13-15-22-25(35)27(37)23(28(38)26(22)36)24-29(39)31(41)33(32(42)30(24)40)44-34(43)21-18-16-20(17-19-21)14-12-10-8-6-4-2/h20-21H,3-19H2,1-2H3. The maximum absolute atomic E-state index is 15.1. The lowest BCUT2D eigenvalue weighted by Crippen LogP contribution is -2.26. The van der Waals surface area contributed by atoms with E-state index in [9.17, 15) is 31.1 Å². The second-order valence-corrected chi connectivity index (χ2v) is 11.9. The van der Waals surface area contributed by atoms with Gasteiger partial charge in [-0.25, -0.2) is 26.3 Å². The predicted molar refractivity (Wildman–Crippen MR) is 153 cm³/mol. The van der Waals surface area contributed by atoms with Crippen LogP contribution in [0, 0.1) is 58.4 Å². The van der Waals surface area contributed by atoms with Gasteiger partial charge in [-0.2, -0.15) is 8.78 Å². The summed E-state index contributed by atoms with van der Waals surface area (Å²) in [6.07, 6.45) is 12.7. The summed E-state index contributed by atoms with van der Waals surface area (Å²) in [6.45, 7) is 4.14. The highest BCUT2D eigenvalue weighted by Crippen LogP contribution is 2.41. The van der Waals surface area contributed by atoms with E-state index in [1.165, 1.54) is 6.42 Å². The zero-order chi connectivity index (χ0) is 32.4. The van der Waals surface area contributed by atoms with E-state index >= 15 is 8.78 Å². The molecule has 2 nitrogen and oxygen atoms in total. The molecule has 44 heavy (non-hydrogen) atoms. The zero-order valence-corrected chi connectivity index (χ0v) is 25.5. The molecule has 2 aromatic rings. The van der Waals surface area contributed by atoms with E-state index in [-0.39, 0.29) is 12.8 Å². The van der Waals surface area contributed by atoms with E-state index in [0.717, 1.165) is 57.8 Å². The number of halogens is 8. The molecular formula is C34H42F8O2. The Morgan fingerprint density at radius 2 is 1.00 bits per heavy atom. The van der Waals surface area contributed by atoms with E-state index < -0.39 is 80.9 Å². The van der Waals surface area contributed by atoms with Crippen molar-refractivity contribution >= 4 is 5.97 Å². The zero-order valence-electron chi connectivity index (χ0n) is 25.5. The van der Waals surface area contributed by atoms with Crippen LogP contribution < -0.4 is 4.74 Å². The number of esters is 1. The fraction of sp³-hybridized carbons (Fsp3) is 0.618. The van der Waals surface area contributed by atoms with Crippen molar-refractivity contribution in [2.45, 2.75) is 123 Å². The summed E-state index contributed by atoms with van der Waals surface area (Å²) >= 11 is 0. The summed E-state index contributed by atoms with van der Waals surface area (Å²) in [5.74, 6) is -20.5. The number of ether oxygens (including phenoxy) is 1. The highest BCUT2D eigenvalue weighted by Gasteiger charge is 2.36. The lowest BCUT2D eigenvalue weighted by atomic mass is 9.80. The average molecular weight is 635 g/mol. The van der Waals surface area contributed by atoms with Crippen LogP contribution in [-0.4, -0.2) is 5.97 Å². The van der Waals surface area contributed by atoms with Crippen LogP contribution in [0.1, 0.15) is 122 Å². The summed E-state index contributed by atoms with van der Waals surface area (Å²) in [5.41, 5.74) is -4.86. The van der Waals surface area contributed by atoms with Crippen LogP contribution in [0.4, 0.5) is 35.1 Å². The van der Waals surface area contributed by atoms with Crippen LogP contribution in [0.15, 0.2) is 0 Å². The molecule has 0 aliphatic heterocycles. The summed E-state index contributed by atoms with van der Waals surface area (Å²) in [7, 11) is 0. The molecule has 0 radical (unpaired) electrons. The van der Waals surface area contributed by atoms with Crippen molar-refractivity contribution in [2.75, 3.05) is 0 Å². The summed E-state index contributed by atoms with van der Waals surface area (Å²) < 4.78 is 124. The molecule has 1 saturated carbocycles. The van der Waals surface area contributed by atoms with Gasteiger partial charge in [-0.3, -0.25) is 4.79 Å². The number of hydrogen-bond acceptors (Lipinski definition) is 2. The van der Waals surface area contributed by atoms with E-state index in [4.69, 9.17) is 4.74 Å². The first-order chi connectivity index (χ1) is 21.0. The molecule has 0 aromatic heterocycles. The normalized spacial score (nSPS) is 16.9. The summed E-state index contributed by atoms with van der Waals surface area (Å²) in [6, 6.07) is 0. The lowest BCUT2D eigenvalue weighted by Gasteiger charge is -2.27. The van der Waals surface area contributed by atoms with Gasteiger partial charge >= 0.3 is 5.97 Å². The topological polar surface area (TPSA) is 26.3 Å². The number of carbonyl (C=O) groups is 1. The predicted octanol–water partition coefficient (Wildman–Crippen LogP) is 11.4. The highest BCUT2D eigenvalue weighted by molar-refractivity contribution is 5.76. The molecule has 1 aliphatic carbocycles. The average Bonchev–Trinajstić information content (AvgIpc) is 3.02. The number of unbranched alkanes of at least 4 members (excludes halogenated alkanes) is 9. The lowest BCUT2D eigenvalue weighted by molar-refractivity contribution is -0.140. The summed E-state index contributed by atoms with van der Waals surface area (Å²) in [5, 5.41) is 0. The molecule has 0 spiro atoms. The molecule has 0 heterocycles.